The summed E-state index contributed by atoms with van der Waals surface area (Å²) in [6.07, 6.45) is -0.901. The molecule has 1 aliphatic carbocycles. The van der Waals surface area contributed by atoms with Crippen molar-refractivity contribution in [2.45, 2.75) is 32.0 Å². The molecule has 2 nitrogen and oxygen atoms in total. The molecule has 100 valence electrons. The van der Waals surface area contributed by atoms with Crippen LogP contribution in [0, 0.1) is 5.92 Å². The molecule has 0 amide bonds. The molecule has 1 aliphatic rings. The van der Waals surface area contributed by atoms with Crippen LogP contribution >= 0.6 is 0 Å². The van der Waals surface area contributed by atoms with E-state index in [2.05, 4.69) is 0 Å². The van der Waals surface area contributed by atoms with E-state index in [4.69, 9.17) is 10.5 Å². The van der Waals surface area contributed by atoms with Gasteiger partial charge in [-0.25, -0.2) is 0 Å². The van der Waals surface area contributed by atoms with Gasteiger partial charge in [0, 0.05) is 12.1 Å². The van der Waals surface area contributed by atoms with Gasteiger partial charge in [-0.3, -0.25) is 0 Å². The van der Waals surface area contributed by atoms with Crippen LogP contribution in [0.15, 0.2) is 18.2 Å². The van der Waals surface area contributed by atoms with Crippen LogP contribution in [0.2, 0.25) is 0 Å². The Labute approximate surface area is 104 Å². The number of hydrogen-bond donors (Lipinski definition) is 1. The average Bonchev–Trinajstić information content (AvgIpc) is 3.12. The summed E-state index contributed by atoms with van der Waals surface area (Å²) in [5, 5.41) is 0. The molecule has 1 aromatic rings. The molecule has 0 unspecified atom stereocenters. The number of nitrogens with two attached hydrogens (primary N) is 1. The minimum Gasteiger partial charge on any atom is -0.493 e. The molecule has 0 aliphatic heterocycles. The third kappa shape index (κ3) is 3.38. The summed E-state index contributed by atoms with van der Waals surface area (Å²) in [5.74, 6) is 1.20. The monoisotopic (exact) mass is 259 g/mol. The lowest BCUT2D eigenvalue weighted by Crippen LogP contribution is -2.09. The molecule has 0 aromatic heterocycles. The zero-order valence-corrected chi connectivity index (χ0v) is 9.96. The summed E-state index contributed by atoms with van der Waals surface area (Å²) in [5.41, 5.74) is 5.18. The van der Waals surface area contributed by atoms with Crippen LogP contribution in [0.5, 0.6) is 5.75 Å². The van der Waals surface area contributed by atoms with E-state index >= 15 is 0 Å². The lowest BCUT2D eigenvalue weighted by Gasteiger charge is -2.13. The molecule has 2 rings (SSSR count). The van der Waals surface area contributed by atoms with Crippen molar-refractivity contribution in [2.24, 2.45) is 11.7 Å². The lowest BCUT2D eigenvalue weighted by molar-refractivity contribution is -0.137. The molecule has 0 saturated heterocycles. The summed E-state index contributed by atoms with van der Waals surface area (Å²) < 4.78 is 43.1. The van der Waals surface area contributed by atoms with Crippen molar-refractivity contribution in [3.05, 3.63) is 29.3 Å². The third-order valence-electron chi connectivity index (χ3n) is 3.09. The highest BCUT2D eigenvalue weighted by atomic mass is 19.4. The highest BCUT2D eigenvalue weighted by Crippen LogP contribution is 2.34. The summed E-state index contributed by atoms with van der Waals surface area (Å²) in [6.45, 7) is 0.589. The predicted octanol–water partition coefficient (Wildman–Crippen LogP) is 3.34. The number of ether oxygens (including phenoxy) is 1. The standard InChI is InChI=1S/C13H16F3NO/c14-13(15,16)11-3-4-12(10(7-11)8-17)18-6-5-9-1-2-9/h3-4,7,9H,1-2,5-6,8,17H2. The van der Waals surface area contributed by atoms with Crippen LogP contribution in [0.3, 0.4) is 0 Å². The minimum absolute atomic E-state index is 0.0443. The largest absolute Gasteiger partial charge is 0.493 e. The van der Waals surface area contributed by atoms with Crippen molar-refractivity contribution in [1.82, 2.24) is 0 Å². The van der Waals surface area contributed by atoms with Crippen LogP contribution in [-0.2, 0) is 12.7 Å². The zero-order valence-electron chi connectivity index (χ0n) is 9.96. The second kappa shape index (κ2) is 5.18. The smallest absolute Gasteiger partial charge is 0.416 e. The fraction of sp³-hybridized carbons (Fsp3) is 0.538. The van der Waals surface area contributed by atoms with E-state index in [0.29, 0.717) is 17.9 Å². The Hall–Kier alpha value is -1.23. The van der Waals surface area contributed by atoms with Gasteiger partial charge in [-0.2, -0.15) is 13.2 Å². The minimum atomic E-state index is -4.34. The van der Waals surface area contributed by atoms with Crippen LogP contribution in [-0.4, -0.2) is 6.61 Å². The Morgan fingerprint density at radius 2 is 2.00 bits per heavy atom. The van der Waals surface area contributed by atoms with Crippen molar-refractivity contribution in [3.63, 3.8) is 0 Å². The van der Waals surface area contributed by atoms with Gasteiger partial charge in [-0.15, -0.1) is 0 Å². The second-order valence-corrected chi connectivity index (χ2v) is 4.60. The maximum atomic E-state index is 12.5. The first-order chi connectivity index (χ1) is 8.50. The van der Waals surface area contributed by atoms with Crippen molar-refractivity contribution in [3.8, 4) is 5.75 Å². The van der Waals surface area contributed by atoms with Gasteiger partial charge < -0.3 is 10.5 Å². The quantitative estimate of drug-likeness (QED) is 0.880. The second-order valence-electron chi connectivity index (χ2n) is 4.60. The van der Waals surface area contributed by atoms with E-state index in [1.807, 2.05) is 0 Å². The average molecular weight is 259 g/mol. The SMILES string of the molecule is NCc1cc(C(F)(F)F)ccc1OCCC1CC1. The molecule has 18 heavy (non-hydrogen) atoms. The van der Waals surface area contributed by atoms with Gasteiger partial charge >= 0.3 is 6.18 Å². The Kier molecular flexibility index (Phi) is 3.80. The van der Waals surface area contributed by atoms with Gasteiger partial charge in [0.1, 0.15) is 5.75 Å². The van der Waals surface area contributed by atoms with Gasteiger partial charge in [0.2, 0.25) is 0 Å². The van der Waals surface area contributed by atoms with E-state index in [9.17, 15) is 13.2 Å². The van der Waals surface area contributed by atoms with Crippen LogP contribution in [0.25, 0.3) is 0 Å². The molecule has 2 N–H and O–H groups in total. The van der Waals surface area contributed by atoms with Gasteiger partial charge in [0.25, 0.3) is 0 Å². The first-order valence-corrected chi connectivity index (χ1v) is 6.03. The predicted molar refractivity (Wildman–Crippen MR) is 62.2 cm³/mol. The molecule has 1 aromatic carbocycles. The number of hydrogen-bond acceptors (Lipinski definition) is 2. The van der Waals surface area contributed by atoms with Crippen LogP contribution in [0.4, 0.5) is 13.2 Å². The summed E-state index contributed by atoms with van der Waals surface area (Å²) in [6, 6.07) is 3.45. The molecule has 0 heterocycles. The van der Waals surface area contributed by atoms with Crippen molar-refractivity contribution in [2.75, 3.05) is 6.61 Å². The first-order valence-electron chi connectivity index (χ1n) is 6.03. The van der Waals surface area contributed by atoms with E-state index in [-0.39, 0.29) is 6.54 Å². The Morgan fingerprint density at radius 1 is 1.28 bits per heavy atom. The normalized spacial score (nSPS) is 15.8. The first kappa shape index (κ1) is 13.2. The van der Waals surface area contributed by atoms with Gasteiger partial charge in [-0.05, 0) is 30.5 Å². The molecule has 1 saturated carbocycles. The van der Waals surface area contributed by atoms with Crippen LogP contribution in [0.1, 0.15) is 30.4 Å². The molecule has 0 atom stereocenters. The molecule has 1 fully saturated rings. The maximum Gasteiger partial charge on any atom is 0.416 e. The van der Waals surface area contributed by atoms with E-state index in [1.54, 1.807) is 0 Å². The number of alkyl halides is 3. The number of benzene rings is 1. The van der Waals surface area contributed by atoms with Crippen molar-refractivity contribution in [1.29, 1.82) is 0 Å². The Morgan fingerprint density at radius 3 is 2.56 bits per heavy atom. The molecule has 0 bridgehead atoms. The highest BCUT2D eigenvalue weighted by molar-refractivity contribution is 5.38. The Bertz CT molecular complexity index is 413. The third-order valence-corrected chi connectivity index (χ3v) is 3.09. The molecular formula is C13H16F3NO. The van der Waals surface area contributed by atoms with Gasteiger partial charge in [0.15, 0.2) is 0 Å². The molecule has 0 radical (unpaired) electrons. The number of halogens is 3. The van der Waals surface area contributed by atoms with Crippen molar-refractivity contribution < 1.29 is 17.9 Å². The fourth-order valence-corrected chi connectivity index (χ4v) is 1.80. The van der Waals surface area contributed by atoms with Gasteiger partial charge in [-0.1, -0.05) is 12.8 Å². The summed E-state index contributed by atoms with van der Waals surface area (Å²) in [7, 11) is 0. The van der Waals surface area contributed by atoms with Crippen LogP contribution < -0.4 is 10.5 Å². The summed E-state index contributed by atoms with van der Waals surface area (Å²) in [4.78, 5) is 0. The topological polar surface area (TPSA) is 35.2 Å². The highest BCUT2D eigenvalue weighted by Gasteiger charge is 2.31. The Balaban J connectivity index is 2.04. The van der Waals surface area contributed by atoms with E-state index in [1.165, 1.54) is 18.9 Å². The molecule has 5 heteroatoms. The fourth-order valence-electron chi connectivity index (χ4n) is 1.80. The summed E-state index contributed by atoms with van der Waals surface area (Å²) >= 11 is 0. The zero-order chi connectivity index (χ0) is 13.2. The maximum absolute atomic E-state index is 12.5. The lowest BCUT2D eigenvalue weighted by atomic mass is 10.1. The van der Waals surface area contributed by atoms with E-state index in [0.717, 1.165) is 24.5 Å². The van der Waals surface area contributed by atoms with E-state index < -0.39 is 11.7 Å². The van der Waals surface area contributed by atoms with Gasteiger partial charge in [0.05, 0.1) is 12.2 Å². The molecule has 0 spiro atoms. The van der Waals surface area contributed by atoms with Crippen molar-refractivity contribution >= 4 is 0 Å². The molecular weight excluding hydrogens is 243 g/mol. The number of rotatable bonds is 5.